The summed E-state index contributed by atoms with van der Waals surface area (Å²) in [7, 11) is 0. The molecule has 3 rings (SSSR count). The summed E-state index contributed by atoms with van der Waals surface area (Å²) in [6.45, 7) is 0. The third-order valence-corrected chi connectivity index (χ3v) is 2.86. The van der Waals surface area contributed by atoms with Crippen LogP contribution in [0.2, 0.25) is 0 Å². The molecule has 2 aliphatic carbocycles. The smallest absolute Gasteiger partial charge is 0.119 e. The summed E-state index contributed by atoms with van der Waals surface area (Å²) in [5.74, 6) is 0.624. The summed E-state index contributed by atoms with van der Waals surface area (Å²) >= 11 is 0. The van der Waals surface area contributed by atoms with Gasteiger partial charge in [-0.15, -0.1) is 0 Å². The highest BCUT2D eigenvalue weighted by molar-refractivity contribution is 5.74. The summed E-state index contributed by atoms with van der Waals surface area (Å²) < 4.78 is 0. The van der Waals surface area contributed by atoms with Gasteiger partial charge in [0.1, 0.15) is 11.5 Å². The van der Waals surface area contributed by atoms with E-state index in [0.29, 0.717) is 17.9 Å². The second-order valence-corrected chi connectivity index (χ2v) is 3.86. The number of hydrogen-bond acceptors (Lipinski definition) is 2. The topological polar surface area (TPSA) is 40.5 Å². The van der Waals surface area contributed by atoms with Crippen LogP contribution in [0.15, 0.2) is 47.3 Å². The highest BCUT2D eigenvalue weighted by Crippen LogP contribution is 2.36. The lowest BCUT2D eigenvalue weighted by atomic mass is 9.89. The van der Waals surface area contributed by atoms with Crippen LogP contribution in [0.1, 0.15) is 11.1 Å². The number of rotatable bonds is 0. The minimum atomic E-state index is 0.295. The monoisotopic (exact) mass is 198 g/mol. The molecule has 0 unspecified atom stereocenters. The van der Waals surface area contributed by atoms with E-state index in [1.807, 2.05) is 18.2 Å². The molecule has 1 aromatic rings. The second kappa shape index (κ2) is 2.76. The van der Waals surface area contributed by atoms with Crippen LogP contribution < -0.4 is 0 Å². The van der Waals surface area contributed by atoms with Crippen molar-refractivity contribution < 1.29 is 10.2 Å². The highest BCUT2D eigenvalue weighted by atomic mass is 16.3. The molecule has 2 aliphatic rings. The van der Waals surface area contributed by atoms with Gasteiger partial charge in [0.05, 0.1) is 0 Å². The van der Waals surface area contributed by atoms with Crippen molar-refractivity contribution in [3.63, 3.8) is 0 Å². The molecule has 0 fully saturated rings. The molecule has 0 aliphatic heterocycles. The van der Waals surface area contributed by atoms with E-state index < -0.39 is 0 Å². The van der Waals surface area contributed by atoms with Gasteiger partial charge in [-0.05, 0) is 41.0 Å². The first-order valence-electron chi connectivity index (χ1n) is 4.88. The lowest BCUT2D eigenvalue weighted by Gasteiger charge is -2.16. The molecule has 0 bridgehead atoms. The van der Waals surface area contributed by atoms with Crippen molar-refractivity contribution in [1.29, 1.82) is 0 Å². The Hall–Kier alpha value is -1.96. The van der Waals surface area contributed by atoms with Crippen LogP contribution >= 0.6 is 0 Å². The van der Waals surface area contributed by atoms with Crippen LogP contribution in [-0.2, 0) is 6.42 Å². The van der Waals surface area contributed by atoms with Crippen molar-refractivity contribution in [3.8, 4) is 5.75 Å². The maximum Gasteiger partial charge on any atom is 0.119 e. The molecule has 15 heavy (non-hydrogen) atoms. The van der Waals surface area contributed by atoms with Crippen LogP contribution in [0, 0.1) is 0 Å². The van der Waals surface area contributed by atoms with Gasteiger partial charge in [0.15, 0.2) is 0 Å². The largest absolute Gasteiger partial charge is 0.508 e. The molecule has 1 aromatic carbocycles. The van der Waals surface area contributed by atoms with E-state index in [2.05, 4.69) is 0 Å². The van der Waals surface area contributed by atoms with Gasteiger partial charge in [-0.2, -0.15) is 0 Å². The van der Waals surface area contributed by atoms with Gasteiger partial charge in [0.2, 0.25) is 0 Å². The number of hydrogen-bond donors (Lipinski definition) is 2. The van der Waals surface area contributed by atoms with E-state index >= 15 is 0 Å². The minimum Gasteiger partial charge on any atom is -0.508 e. The second-order valence-electron chi connectivity index (χ2n) is 3.86. The highest BCUT2D eigenvalue weighted by Gasteiger charge is 2.20. The Kier molecular flexibility index (Phi) is 1.54. The van der Waals surface area contributed by atoms with Gasteiger partial charge in [-0.3, -0.25) is 0 Å². The molecule has 0 amide bonds. The first-order chi connectivity index (χ1) is 7.24. The first-order valence-corrected chi connectivity index (χ1v) is 4.88. The van der Waals surface area contributed by atoms with Gasteiger partial charge < -0.3 is 10.2 Å². The van der Waals surface area contributed by atoms with Crippen molar-refractivity contribution in [2.75, 3.05) is 0 Å². The Balaban J connectivity index is 2.20. The predicted octanol–water partition coefficient (Wildman–Crippen LogP) is 2.71. The number of fused-ring (bicyclic) bond motifs is 2. The van der Waals surface area contributed by atoms with E-state index in [0.717, 1.165) is 22.3 Å². The zero-order valence-electron chi connectivity index (χ0n) is 8.07. The van der Waals surface area contributed by atoms with Crippen LogP contribution in [0.4, 0.5) is 0 Å². The number of allylic oxidation sites excluding steroid dienone is 4. The Morgan fingerprint density at radius 2 is 1.87 bits per heavy atom. The van der Waals surface area contributed by atoms with Crippen molar-refractivity contribution >= 4 is 6.08 Å². The van der Waals surface area contributed by atoms with Crippen LogP contribution in [0.5, 0.6) is 5.75 Å². The zero-order chi connectivity index (χ0) is 10.4. The lowest BCUT2D eigenvalue weighted by Crippen LogP contribution is -2.00. The maximum atomic E-state index is 9.71. The molecule has 74 valence electrons. The number of phenolic OH excluding ortho intramolecular Hbond substituents is 1. The maximum absolute atomic E-state index is 9.71. The standard InChI is InChI=1S/C13H10O2/c14-11-5-9-4-8-2-1-3-13(15)12(8)7-10(9)6-11/h1-6,14-15H,7H2. The molecule has 0 atom stereocenters. The van der Waals surface area contributed by atoms with Crippen molar-refractivity contribution in [1.82, 2.24) is 0 Å². The van der Waals surface area contributed by atoms with E-state index in [-0.39, 0.29) is 0 Å². The van der Waals surface area contributed by atoms with Gasteiger partial charge in [-0.1, -0.05) is 12.1 Å². The summed E-state index contributed by atoms with van der Waals surface area (Å²) in [5.41, 5.74) is 4.09. The Bertz CT molecular complexity index is 533. The quantitative estimate of drug-likeness (QED) is 0.672. The zero-order valence-corrected chi connectivity index (χ0v) is 8.07. The van der Waals surface area contributed by atoms with Crippen LogP contribution in [0.25, 0.3) is 6.08 Å². The molecule has 0 heterocycles. The molecule has 0 saturated heterocycles. The Morgan fingerprint density at radius 1 is 1.00 bits per heavy atom. The first kappa shape index (κ1) is 8.36. The number of aromatic hydroxyl groups is 1. The average molecular weight is 198 g/mol. The average Bonchev–Trinajstić information content (AvgIpc) is 2.55. The lowest BCUT2D eigenvalue weighted by molar-refractivity contribution is 0.434. The predicted molar refractivity (Wildman–Crippen MR) is 58.6 cm³/mol. The minimum absolute atomic E-state index is 0.295. The third-order valence-electron chi connectivity index (χ3n) is 2.86. The summed E-state index contributed by atoms with van der Waals surface area (Å²) in [6.07, 6.45) is 6.19. The summed E-state index contributed by atoms with van der Waals surface area (Å²) in [6, 6.07) is 5.50. The van der Waals surface area contributed by atoms with E-state index in [1.54, 1.807) is 18.2 Å². The molecular weight excluding hydrogens is 188 g/mol. The summed E-state index contributed by atoms with van der Waals surface area (Å²) in [5, 5.41) is 19.1. The number of aliphatic hydroxyl groups is 1. The van der Waals surface area contributed by atoms with Crippen LogP contribution in [-0.4, -0.2) is 10.2 Å². The summed E-state index contributed by atoms with van der Waals surface area (Å²) in [4.78, 5) is 0. The molecule has 2 nitrogen and oxygen atoms in total. The number of aliphatic hydroxyl groups excluding tert-OH is 1. The fourth-order valence-electron chi connectivity index (χ4n) is 2.12. The van der Waals surface area contributed by atoms with Crippen molar-refractivity contribution in [3.05, 3.63) is 58.4 Å². The normalized spacial score (nSPS) is 17.5. The molecule has 0 spiro atoms. The Morgan fingerprint density at radius 3 is 2.73 bits per heavy atom. The van der Waals surface area contributed by atoms with Gasteiger partial charge in [0.25, 0.3) is 0 Å². The van der Waals surface area contributed by atoms with Crippen molar-refractivity contribution in [2.45, 2.75) is 6.42 Å². The number of benzene rings is 1. The van der Waals surface area contributed by atoms with Gasteiger partial charge in [0, 0.05) is 12.0 Å². The molecular formula is C13H10O2. The fourth-order valence-corrected chi connectivity index (χ4v) is 2.12. The SMILES string of the molecule is OC1=CC2=Cc3cccc(O)c3CC2=C1. The molecule has 0 saturated carbocycles. The van der Waals surface area contributed by atoms with Crippen LogP contribution in [0.3, 0.4) is 0 Å². The molecule has 2 heteroatoms. The van der Waals surface area contributed by atoms with Gasteiger partial charge >= 0.3 is 0 Å². The third kappa shape index (κ3) is 1.18. The molecule has 0 aromatic heterocycles. The van der Waals surface area contributed by atoms with Gasteiger partial charge in [-0.25, -0.2) is 0 Å². The fraction of sp³-hybridized carbons (Fsp3) is 0.0769. The number of phenols is 1. The molecule has 2 N–H and O–H groups in total. The van der Waals surface area contributed by atoms with E-state index in [4.69, 9.17) is 0 Å². The van der Waals surface area contributed by atoms with E-state index in [9.17, 15) is 10.2 Å². The molecule has 0 radical (unpaired) electrons. The Labute approximate surface area is 87.5 Å². The van der Waals surface area contributed by atoms with E-state index in [1.165, 1.54) is 0 Å². The van der Waals surface area contributed by atoms with Crippen molar-refractivity contribution in [2.24, 2.45) is 0 Å².